The van der Waals surface area contributed by atoms with Crippen LogP contribution in [0.25, 0.3) is 0 Å². The van der Waals surface area contributed by atoms with E-state index in [1.54, 1.807) is 0 Å². The second-order valence-corrected chi connectivity index (χ2v) is 3.85. The van der Waals surface area contributed by atoms with Crippen LogP contribution in [0.3, 0.4) is 0 Å². The van der Waals surface area contributed by atoms with Crippen molar-refractivity contribution in [1.82, 2.24) is 9.88 Å². The zero-order valence-electron chi connectivity index (χ0n) is 8.26. The first-order valence-electron chi connectivity index (χ1n) is 5.14. The average Bonchev–Trinajstić information content (AvgIpc) is 2.63. The second-order valence-electron chi connectivity index (χ2n) is 3.85. The maximum absolute atomic E-state index is 9.35. The molecule has 0 radical (unpaired) electrons. The Morgan fingerprint density at radius 2 is 2.21 bits per heavy atom. The first-order chi connectivity index (χ1) is 6.84. The smallest absolute Gasteiger partial charge is 0.0679 e. The van der Waals surface area contributed by atoms with Crippen molar-refractivity contribution in [2.45, 2.75) is 18.9 Å². The molecule has 1 aliphatic rings. The minimum absolute atomic E-state index is 0.104. The molecular weight excluding hydrogens is 176 g/mol. The normalized spacial score (nSPS) is 22.8. The minimum Gasteiger partial charge on any atom is -0.392 e. The van der Waals surface area contributed by atoms with Gasteiger partial charge >= 0.3 is 0 Å². The summed E-state index contributed by atoms with van der Waals surface area (Å²) >= 11 is 0. The molecule has 3 heteroatoms. The third kappa shape index (κ3) is 2.53. The average molecular weight is 192 g/mol. The lowest BCUT2D eigenvalue weighted by Crippen LogP contribution is -2.24. The Morgan fingerprint density at radius 3 is 2.86 bits per heavy atom. The molecule has 1 N–H and O–H groups in total. The molecule has 1 atom stereocenters. The predicted octanol–water partition coefficient (Wildman–Crippen LogP) is 0.691. The molecule has 1 unspecified atom stereocenters. The number of nitrogens with zero attached hydrogens (tertiary/aromatic N) is 2. The molecule has 1 aromatic rings. The Morgan fingerprint density at radius 1 is 1.43 bits per heavy atom. The fraction of sp³-hybridized carbons (Fsp3) is 0.545. The van der Waals surface area contributed by atoms with Gasteiger partial charge in [-0.3, -0.25) is 4.98 Å². The van der Waals surface area contributed by atoms with Gasteiger partial charge in [0.2, 0.25) is 0 Å². The van der Waals surface area contributed by atoms with Crippen LogP contribution in [0.2, 0.25) is 0 Å². The van der Waals surface area contributed by atoms with Gasteiger partial charge in [-0.05, 0) is 30.5 Å². The molecule has 2 rings (SSSR count). The van der Waals surface area contributed by atoms with Crippen molar-refractivity contribution in [2.75, 3.05) is 19.6 Å². The molecule has 1 aromatic heterocycles. The highest BCUT2D eigenvalue weighted by Crippen LogP contribution is 2.09. The molecule has 0 amide bonds. The minimum atomic E-state index is -0.104. The Hall–Kier alpha value is -0.930. The lowest BCUT2D eigenvalue weighted by molar-refractivity contribution is 0.177. The molecule has 1 fully saturated rings. The van der Waals surface area contributed by atoms with E-state index in [4.69, 9.17) is 0 Å². The number of pyridine rings is 1. The van der Waals surface area contributed by atoms with E-state index in [0.29, 0.717) is 0 Å². The first kappa shape index (κ1) is 9.62. The number of hydrogen-bond donors (Lipinski definition) is 1. The summed E-state index contributed by atoms with van der Waals surface area (Å²) in [6.45, 7) is 2.92. The molecule has 0 saturated carbocycles. The molecule has 3 nitrogen and oxygen atoms in total. The predicted molar refractivity (Wildman–Crippen MR) is 55.0 cm³/mol. The Balaban J connectivity index is 1.78. The molecule has 0 spiro atoms. The molecule has 1 saturated heterocycles. The quantitative estimate of drug-likeness (QED) is 0.765. The van der Waals surface area contributed by atoms with Crippen molar-refractivity contribution in [2.24, 2.45) is 0 Å². The van der Waals surface area contributed by atoms with E-state index in [1.165, 1.54) is 5.56 Å². The third-order valence-electron chi connectivity index (χ3n) is 2.71. The molecule has 0 aromatic carbocycles. The number of likely N-dealkylation sites (tertiary alicyclic amines) is 1. The lowest BCUT2D eigenvalue weighted by atomic mass is 10.2. The van der Waals surface area contributed by atoms with Crippen LogP contribution in [0.1, 0.15) is 12.0 Å². The van der Waals surface area contributed by atoms with E-state index >= 15 is 0 Å². The number of hydrogen-bond acceptors (Lipinski definition) is 3. The van der Waals surface area contributed by atoms with Crippen LogP contribution < -0.4 is 0 Å². The second kappa shape index (κ2) is 4.53. The van der Waals surface area contributed by atoms with Crippen LogP contribution in [-0.2, 0) is 6.42 Å². The molecular formula is C11H16N2O. The standard InChI is InChI=1S/C11H16N2O/c14-11-4-8-13(9-11)7-3-10-1-5-12-6-2-10/h1-2,5-6,11,14H,3-4,7-9H2. The van der Waals surface area contributed by atoms with Gasteiger partial charge in [-0.2, -0.15) is 0 Å². The van der Waals surface area contributed by atoms with Gasteiger partial charge in [0, 0.05) is 32.0 Å². The molecule has 1 aliphatic heterocycles. The fourth-order valence-corrected chi connectivity index (χ4v) is 1.85. The summed E-state index contributed by atoms with van der Waals surface area (Å²) in [6.07, 6.45) is 5.53. The van der Waals surface area contributed by atoms with Gasteiger partial charge in [0.15, 0.2) is 0 Å². The van der Waals surface area contributed by atoms with E-state index in [1.807, 2.05) is 24.5 Å². The lowest BCUT2D eigenvalue weighted by Gasteiger charge is -2.14. The number of β-amino-alcohol motifs (C(OH)–C–C–N with tert-alkyl or cyclic N) is 1. The maximum Gasteiger partial charge on any atom is 0.0679 e. The van der Waals surface area contributed by atoms with Crippen molar-refractivity contribution >= 4 is 0 Å². The summed E-state index contributed by atoms with van der Waals surface area (Å²) in [6, 6.07) is 4.10. The SMILES string of the molecule is OC1CCN(CCc2ccncc2)C1. The fourth-order valence-electron chi connectivity index (χ4n) is 1.85. The largest absolute Gasteiger partial charge is 0.392 e. The van der Waals surface area contributed by atoms with Crippen molar-refractivity contribution in [3.63, 3.8) is 0 Å². The van der Waals surface area contributed by atoms with Crippen molar-refractivity contribution in [1.29, 1.82) is 0 Å². The van der Waals surface area contributed by atoms with Crippen LogP contribution in [0.15, 0.2) is 24.5 Å². The van der Waals surface area contributed by atoms with E-state index < -0.39 is 0 Å². The number of aliphatic hydroxyl groups is 1. The first-order valence-corrected chi connectivity index (χ1v) is 5.14. The van der Waals surface area contributed by atoms with Gasteiger partial charge in [0.1, 0.15) is 0 Å². The van der Waals surface area contributed by atoms with Gasteiger partial charge < -0.3 is 10.0 Å². The van der Waals surface area contributed by atoms with Crippen LogP contribution in [0, 0.1) is 0 Å². The number of rotatable bonds is 3. The monoisotopic (exact) mass is 192 g/mol. The molecule has 0 bridgehead atoms. The summed E-state index contributed by atoms with van der Waals surface area (Å²) in [7, 11) is 0. The summed E-state index contributed by atoms with van der Waals surface area (Å²) in [5.41, 5.74) is 1.32. The zero-order chi connectivity index (χ0) is 9.80. The molecule has 14 heavy (non-hydrogen) atoms. The van der Waals surface area contributed by atoms with Crippen LogP contribution >= 0.6 is 0 Å². The zero-order valence-corrected chi connectivity index (χ0v) is 8.26. The van der Waals surface area contributed by atoms with Crippen molar-refractivity contribution < 1.29 is 5.11 Å². The van der Waals surface area contributed by atoms with E-state index in [9.17, 15) is 5.11 Å². The van der Waals surface area contributed by atoms with Gasteiger partial charge in [-0.1, -0.05) is 0 Å². The van der Waals surface area contributed by atoms with E-state index in [-0.39, 0.29) is 6.10 Å². The summed E-state index contributed by atoms with van der Waals surface area (Å²) in [5, 5.41) is 9.35. The summed E-state index contributed by atoms with van der Waals surface area (Å²) in [4.78, 5) is 6.29. The number of aliphatic hydroxyl groups excluding tert-OH is 1. The molecule has 0 aliphatic carbocycles. The van der Waals surface area contributed by atoms with Crippen LogP contribution in [0.5, 0.6) is 0 Å². The third-order valence-corrected chi connectivity index (χ3v) is 2.71. The Labute approximate surface area is 84.4 Å². The summed E-state index contributed by atoms with van der Waals surface area (Å²) in [5.74, 6) is 0. The maximum atomic E-state index is 9.35. The van der Waals surface area contributed by atoms with E-state index in [2.05, 4.69) is 9.88 Å². The van der Waals surface area contributed by atoms with Gasteiger partial charge in [-0.15, -0.1) is 0 Å². The summed E-state index contributed by atoms with van der Waals surface area (Å²) < 4.78 is 0. The van der Waals surface area contributed by atoms with Crippen molar-refractivity contribution in [3.05, 3.63) is 30.1 Å². The van der Waals surface area contributed by atoms with Gasteiger partial charge in [-0.25, -0.2) is 0 Å². The highest BCUT2D eigenvalue weighted by atomic mass is 16.3. The Kier molecular flexibility index (Phi) is 3.11. The highest BCUT2D eigenvalue weighted by Gasteiger charge is 2.19. The molecule has 76 valence electrons. The van der Waals surface area contributed by atoms with Crippen LogP contribution in [-0.4, -0.2) is 40.7 Å². The van der Waals surface area contributed by atoms with E-state index in [0.717, 1.165) is 32.5 Å². The van der Waals surface area contributed by atoms with Crippen LogP contribution in [0.4, 0.5) is 0 Å². The topological polar surface area (TPSA) is 36.4 Å². The van der Waals surface area contributed by atoms with Gasteiger partial charge in [0.25, 0.3) is 0 Å². The van der Waals surface area contributed by atoms with Crippen molar-refractivity contribution in [3.8, 4) is 0 Å². The number of aromatic nitrogens is 1. The molecule has 2 heterocycles. The van der Waals surface area contributed by atoms with Gasteiger partial charge in [0.05, 0.1) is 6.10 Å². The Bertz CT molecular complexity index is 276. The highest BCUT2D eigenvalue weighted by molar-refractivity contribution is 5.09.